The number of hydrogen-bond acceptors (Lipinski definition) is 1. The van der Waals surface area contributed by atoms with Gasteiger partial charge in [-0.15, -0.1) is 12.6 Å². The molecule has 4 aromatic carbocycles. The van der Waals surface area contributed by atoms with Crippen LogP contribution in [0, 0.1) is 26.2 Å². The molecule has 0 nitrogen and oxygen atoms in total. The fourth-order valence-corrected chi connectivity index (χ4v) is 7.44. The number of thiol groups is 1. The molecule has 5 rings (SSSR count). The van der Waals surface area contributed by atoms with Gasteiger partial charge in [-0.1, -0.05) is 150 Å². The zero-order valence-electron chi connectivity index (χ0n) is 26.9. The van der Waals surface area contributed by atoms with E-state index in [0.717, 1.165) is 4.90 Å². The van der Waals surface area contributed by atoms with Gasteiger partial charge in [0.15, 0.2) is 0 Å². The lowest BCUT2D eigenvalue weighted by Gasteiger charge is -2.39. The molecule has 0 amide bonds. The van der Waals surface area contributed by atoms with Gasteiger partial charge in [0.2, 0.25) is 0 Å². The SMILES string of the molecule is CC.CC.CCCC1(C)C(c2ccc(C)cc2)C(c2ccc(C)cc2)C(c2ccc(C)cc2)C1c1ccc(S)cc1. The van der Waals surface area contributed by atoms with Crippen LogP contribution in [-0.4, -0.2) is 0 Å². The van der Waals surface area contributed by atoms with Gasteiger partial charge in [0.05, 0.1) is 0 Å². The van der Waals surface area contributed by atoms with Crippen molar-refractivity contribution in [3.8, 4) is 0 Å². The normalized spacial score (nSPS) is 23.2. The Kier molecular flexibility index (Phi) is 11.9. The summed E-state index contributed by atoms with van der Waals surface area (Å²) in [5.41, 5.74) is 9.86. The van der Waals surface area contributed by atoms with Crippen molar-refractivity contribution < 1.29 is 0 Å². The molecule has 0 heterocycles. The van der Waals surface area contributed by atoms with Gasteiger partial charge in [-0.2, -0.15) is 0 Å². The molecule has 41 heavy (non-hydrogen) atoms. The van der Waals surface area contributed by atoms with Gasteiger partial charge in [-0.05, 0) is 90.7 Å². The molecule has 0 bridgehead atoms. The summed E-state index contributed by atoms with van der Waals surface area (Å²) in [7, 11) is 0. The minimum absolute atomic E-state index is 0.0905. The minimum Gasteiger partial charge on any atom is -0.143 e. The highest BCUT2D eigenvalue weighted by Crippen LogP contribution is 2.70. The Morgan fingerprint density at radius 3 is 1.12 bits per heavy atom. The highest BCUT2D eigenvalue weighted by molar-refractivity contribution is 7.80. The van der Waals surface area contributed by atoms with Crippen molar-refractivity contribution >= 4 is 12.6 Å². The van der Waals surface area contributed by atoms with E-state index in [4.69, 9.17) is 0 Å². The lowest BCUT2D eigenvalue weighted by molar-refractivity contribution is 0.224. The van der Waals surface area contributed by atoms with E-state index in [1.165, 1.54) is 51.8 Å². The summed E-state index contributed by atoms with van der Waals surface area (Å²) < 4.78 is 0. The first kappa shape index (κ1) is 32.7. The molecule has 1 heteroatoms. The first-order chi connectivity index (χ1) is 19.8. The van der Waals surface area contributed by atoms with Crippen LogP contribution in [0.2, 0.25) is 0 Å². The van der Waals surface area contributed by atoms with Crippen LogP contribution in [0.3, 0.4) is 0 Å². The quantitative estimate of drug-likeness (QED) is 0.221. The van der Waals surface area contributed by atoms with E-state index in [1.54, 1.807) is 0 Å². The summed E-state index contributed by atoms with van der Waals surface area (Å²) in [6.07, 6.45) is 2.35. The lowest BCUT2D eigenvalue weighted by atomic mass is 9.64. The highest BCUT2D eigenvalue weighted by atomic mass is 32.1. The fraction of sp³-hybridized carbons (Fsp3) is 0.400. The van der Waals surface area contributed by atoms with Crippen molar-refractivity contribution in [3.05, 3.63) is 136 Å². The average molecular weight is 565 g/mol. The van der Waals surface area contributed by atoms with E-state index in [2.05, 4.69) is 144 Å². The second kappa shape index (κ2) is 14.9. The smallest absolute Gasteiger partial charge is 0.00401 e. The lowest BCUT2D eigenvalue weighted by Crippen LogP contribution is -2.28. The van der Waals surface area contributed by atoms with Crippen molar-refractivity contribution in [1.82, 2.24) is 0 Å². The minimum atomic E-state index is 0.0905. The van der Waals surface area contributed by atoms with E-state index in [-0.39, 0.29) is 5.41 Å². The molecule has 1 saturated carbocycles. The summed E-state index contributed by atoms with van der Waals surface area (Å²) in [6.45, 7) is 19.5. The van der Waals surface area contributed by atoms with Crippen LogP contribution in [0.5, 0.6) is 0 Å². The maximum absolute atomic E-state index is 4.63. The Hall–Kier alpha value is -2.77. The zero-order chi connectivity index (χ0) is 30.2. The third kappa shape index (κ3) is 7.00. The molecule has 0 saturated heterocycles. The summed E-state index contributed by atoms with van der Waals surface area (Å²) >= 11 is 4.63. The molecule has 0 N–H and O–H groups in total. The van der Waals surface area contributed by atoms with Crippen LogP contribution in [-0.2, 0) is 0 Å². The largest absolute Gasteiger partial charge is 0.143 e. The molecule has 1 aliphatic rings. The van der Waals surface area contributed by atoms with Crippen LogP contribution >= 0.6 is 12.6 Å². The van der Waals surface area contributed by atoms with Gasteiger partial charge < -0.3 is 0 Å². The van der Waals surface area contributed by atoms with E-state index in [9.17, 15) is 0 Å². The molecule has 0 aromatic heterocycles. The molecule has 218 valence electrons. The summed E-state index contributed by atoms with van der Waals surface area (Å²) in [5, 5.41) is 0. The van der Waals surface area contributed by atoms with Crippen LogP contribution in [0.15, 0.2) is 102 Å². The summed E-state index contributed by atoms with van der Waals surface area (Å²) in [5.74, 6) is 1.55. The van der Waals surface area contributed by atoms with Crippen molar-refractivity contribution in [2.45, 2.75) is 104 Å². The molecule has 0 radical (unpaired) electrons. The first-order valence-electron chi connectivity index (χ1n) is 15.8. The van der Waals surface area contributed by atoms with Gasteiger partial charge in [-0.25, -0.2) is 0 Å². The Labute approximate surface area is 257 Å². The monoisotopic (exact) mass is 564 g/mol. The Balaban J connectivity index is 0.00000111. The van der Waals surface area contributed by atoms with E-state index < -0.39 is 0 Å². The van der Waals surface area contributed by atoms with Crippen LogP contribution < -0.4 is 0 Å². The van der Waals surface area contributed by atoms with Crippen LogP contribution in [0.25, 0.3) is 0 Å². The zero-order valence-corrected chi connectivity index (χ0v) is 27.8. The molecule has 1 aliphatic carbocycles. The van der Waals surface area contributed by atoms with Gasteiger partial charge in [-0.3, -0.25) is 0 Å². The van der Waals surface area contributed by atoms with Gasteiger partial charge in [0.1, 0.15) is 0 Å². The molecule has 5 atom stereocenters. The maximum atomic E-state index is 4.63. The molecule has 0 spiro atoms. The number of benzene rings is 4. The molecule has 0 aliphatic heterocycles. The molecule has 4 aromatic rings. The Bertz CT molecular complexity index is 1210. The van der Waals surface area contributed by atoms with E-state index >= 15 is 0 Å². The van der Waals surface area contributed by atoms with Crippen molar-refractivity contribution in [3.63, 3.8) is 0 Å². The number of aryl methyl sites for hydroxylation is 3. The third-order valence-electron chi connectivity index (χ3n) is 8.93. The predicted octanol–water partition coefficient (Wildman–Crippen LogP) is 12.2. The van der Waals surface area contributed by atoms with Gasteiger partial charge >= 0.3 is 0 Å². The number of hydrogen-bond donors (Lipinski definition) is 1. The molecular weight excluding hydrogens is 513 g/mol. The van der Waals surface area contributed by atoms with Crippen molar-refractivity contribution in [2.75, 3.05) is 0 Å². The van der Waals surface area contributed by atoms with E-state index in [0.29, 0.717) is 23.7 Å². The maximum Gasteiger partial charge on any atom is 0.00401 e. The van der Waals surface area contributed by atoms with Crippen molar-refractivity contribution in [1.29, 1.82) is 0 Å². The van der Waals surface area contributed by atoms with Crippen molar-refractivity contribution in [2.24, 2.45) is 5.41 Å². The molecular formula is C40H52S. The van der Waals surface area contributed by atoms with Gasteiger partial charge in [0, 0.05) is 4.90 Å². The first-order valence-corrected chi connectivity index (χ1v) is 16.2. The van der Waals surface area contributed by atoms with E-state index in [1.807, 2.05) is 27.7 Å². The van der Waals surface area contributed by atoms with Gasteiger partial charge in [0.25, 0.3) is 0 Å². The number of rotatable bonds is 6. The fourth-order valence-electron chi connectivity index (χ4n) is 7.29. The standard InChI is InChI=1S/C36H40S.2C2H6/c1-6-23-36(5)34(29-17-11-26(4)12-18-29)32(27-13-7-24(2)8-14-27)33(28-15-9-25(3)10-16-28)35(36)30-19-21-31(37)22-20-30;2*1-2/h7-22,32-35,37H,6,23H2,1-5H3;2*1-2H3. The van der Waals surface area contributed by atoms with Crippen LogP contribution in [0.1, 0.15) is 117 Å². The third-order valence-corrected chi connectivity index (χ3v) is 9.23. The Morgan fingerprint density at radius 2 is 0.805 bits per heavy atom. The average Bonchev–Trinajstić information content (AvgIpc) is 3.25. The second-order valence-corrected chi connectivity index (χ2v) is 12.1. The Morgan fingerprint density at radius 1 is 0.512 bits per heavy atom. The second-order valence-electron chi connectivity index (χ2n) is 11.6. The predicted molar refractivity (Wildman–Crippen MR) is 184 cm³/mol. The molecule has 5 unspecified atom stereocenters. The summed E-state index contributed by atoms with van der Waals surface area (Å²) in [4.78, 5) is 1.02. The summed E-state index contributed by atoms with van der Waals surface area (Å²) in [6, 6.07) is 37.2. The topological polar surface area (TPSA) is 0 Å². The molecule has 1 fully saturated rings. The van der Waals surface area contributed by atoms with Crippen LogP contribution in [0.4, 0.5) is 0 Å². The highest BCUT2D eigenvalue weighted by Gasteiger charge is 2.58.